The van der Waals surface area contributed by atoms with Gasteiger partial charge in [0.1, 0.15) is 6.10 Å². The van der Waals surface area contributed by atoms with E-state index < -0.39 is 18.0 Å². The number of carbonyl (C=O) groups is 4. The fourth-order valence-corrected chi connectivity index (χ4v) is 6.55. The highest BCUT2D eigenvalue weighted by Crippen LogP contribution is 2.35. The van der Waals surface area contributed by atoms with Gasteiger partial charge in [0.2, 0.25) is 5.91 Å². The summed E-state index contributed by atoms with van der Waals surface area (Å²) in [6, 6.07) is 0. The first-order chi connectivity index (χ1) is 20.8. The molecule has 1 fully saturated rings. The van der Waals surface area contributed by atoms with Crippen LogP contribution in [0.2, 0.25) is 0 Å². The smallest absolute Gasteiger partial charge is 0.303 e. The predicted molar refractivity (Wildman–Crippen MR) is 165 cm³/mol. The molecule has 4 rings (SSSR count). The summed E-state index contributed by atoms with van der Waals surface area (Å²) < 4.78 is 0. The first kappa shape index (κ1) is 32.7. The number of nitrogens with one attached hydrogen (secondary N) is 3. The third kappa shape index (κ3) is 6.33. The van der Waals surface area contributed by atoms with E-state index in [4.69, 9.17) is 0 Å². The number of carboxylic acid groups (broad SMARTS) is 2. The standard InChI is InChI=1S/C33H42N4O7/c1-7-19-18(6)32(43)36-24(19)13-23-15(3)21(9-11-27(38)39)25(34-23)14-26-22(10-12-28(40)41)17(5)29(35-26)31(42)30-16(4)20(8-2)33(44)37-30/h13,18-19,31,34-35,42H,7-12,14H2,1-6H3,(H,36,43)(H,38,39)(H,40,41)/b24-13-/t18-,19-,31-/m1/s1. The van der Waals surface area contributed by atoms with Gasteiger partial charge in [-0.2, -0.15) is 0 Å². The van der Waals surface area contributed by atoms with Crippen molar-refractivity contribution in [1.29, 1.82) is 0 Å². The first-order valence-electron chi connectivity index (χ1n) is 15.2. The van der Waals surface area contributed by atoms with E-state index in [0.29, 0.717) is 40.9 Å². The lowest BCUT2D eigenvalue weighted by Crippen LogP contribution is -2.16. The number of aromatic nitrogens is 2. The summed E-state index contributed by atoms with van der Waals surface area (Å²) in [5.41, 5.74) is 8.08. The summed E-state index contributed by atoms with van der Waals surface area (Å²) in [5, 5.41) is 33.3. The molecule has 2 amide bonds. The number of rotatable bonds is 13. The Morgan fingerprint density at radius 2 is 1.55 bits per heavy atom. The Hall–Kier alpha value is -4.25. The quantitative estimate of drug-likeness (QED) is 0.194. The summed E-state index contributed by atoms with van der Waals surface area (Å²) in [4.78, 5) is 58.8. The van der Waals surface area contributed by atoms with Gasteiger partial charge in [-0.05, 0) is 80.4 Å². The van der Waals surface area contributed by atoms with E-state index in [1.165, 1.54) is 0 Å². The fourth-order valence-electron chi connectivity index (χ4n) is 6.55. The molecule has 2 aromatic heterocycles. The lowest BCUT2D eigenvalue weighted by molar-refractivity contribution is -0.138. The Kier molecular flexibility index (Phi) is 9.78. The van der Waals surface area contributed by atoms with Crippen molar-refractivity contribution in [3.05, 3.63) is 61.9 Å². The number of aliphatic carboxylic acids is 2. The number of hydrogen-bond acceptors (Lipinski definition) is 5. The zero-order valence-corrected chi connectivity index (χ0v) is 26.2. The van der Waals surface area contributed by atoms with Crippen molar-refractivity contribution in [2.75, 3.05) is 0 Å². The average molecular weight is 607 g/mol. The number of allylic oxidation sites excluding steroid dienone is 1. The minimum absolute atomic E-state index is 0.0284. The van der Waals surface area contributed by atoms with Crippen molar-refractivity contribution in [1.82, 2.24) is 15.3 Å². The summed E-state index contributed by atoms with van der Waals surface area (Å²) >= 11 is 0. The van der Waals surface area contributed by atoms with Crippen LogP contribution in [0.1, 0.15) is 105 Å². The molecule has 0 bridgehead atoms. The van der Waals surface area contributed by atoms with Crippen LogP contribution in [0.15, 0.2) is 21.8 Å². The van der Waals surface area contributed by atoms with Crippen molar-refractivity contribution in [2.24, 2.45) is 16.8 Å². The highest BCUT2D eigenvalue weighted by atomic mass is 16.4. The van der Waals surface area contributed by atoms with Crippen LogP contribution >= 0.6 is 0 Å². The Balaban J connectivity index is 1.79. The van der Waals surface area contributed by atoms with Crippen LogP contribution < -0.4 is 5.32 Å². The maximum absolute atomic E-state index is 12.4. The van der Waals surface area contributed by atoms with E-state index in [0.717, 1.165) is 40.2 Å². The van der Waals surface area contributed by atoms with Crippen LogP contribution in [0, 0.1) is 25.7 Å². The molecule has 44 heavy (non-hydrogen) atoms. The summed E-state index contributed by atoms with van der Waals surface area (Å²) in [6.07, 6.45) is 2.58. The van der Waals surface area contributed by atoms with E-state index in [9.17, 15) is 34.5 Å². The molecule has 0 radical (unpaired) electrons. The van der Waals surface area contributed by atoms with E-state index in [1.807, 2.05) is 40.7 Å². The molecule has 2 aliphatic rings. The van der Waals surface area contributed by atoms with Crippen molar-refractivity contribution in [2.45, 2.75) is 92.6 Å². The second-order valence-corrected chi connectivity index (χ2v) is 11.8. The highest BCUT2D eigenvalue weighted by molar-refractivity contribution is 6.20. The molecule has 2 aliphatic heterocycles. The lowest BCUT2D eigenvalue weighted by atomic mass is 9.92. The van der Waals surface area contributed by atoms with Crippen molar-refractivity contribution in [3.8, 4) is 0 Å². The normalized spacial score (nSPS) is 20.1. The van der Waals surface area contributed by atoms with Crippen molar-refractivity contribution < 1.29 is 34.5 Å². The van der Waals surface area contributed by atoms with Gasteiger partial charge in [0, 0.05) is 59.5 Å². The fraction of sp³-hybridized carbons (Fsp3) is 0.485. The van der Waals surface area contributed by atoms with Gasteiger partial charge in [-0.15, -0.1) is 0 Å². The monoisotopic (exact) mass is 606 g/mol. The third-order valence-electron chi connectivity index (χ3n) is 9.17. The largest absolute Gasteiger partial charge is 0.481 e. The number of aliphatic hydroxyl groups is 1. The SMILES string of the molecule is CCC1=C(C)C([C@H](O)c2[nH]c(Cc3[nH]c(/C=C4\NC(=O)[C@H](C)[C@H]4CC)c(C)c3CCC(=O)O)c(CCC(=O)O)c2C)=NC1=O. The number of carbonyl (C=O) groups excluding carboxylic acids is 2. The Labute approximate surface area is 256 Å². The van der Waals surface area contributed by atoms with Crippen LogP contribution in [0.4, 0.5) is 0 Å². The number of nitrogens with zero attached hydrogens (tertiary/aromatic N) is 1. The van der Waals surface area contributed by atoms with Crippen LogP contribution in [-0.2, 0) is 38.4 Å². The number of hydrogen-bond donors (Lipinski definition) is 6. The predicted octanol–water partition coefficient (Wildman–Crippen LogP) is 4.46. The van der Waals surface area contributed by atoms with Crippen molar-refractivity contribution >= 4 is 35.5 Å². The van der Waals surface area contributed by atoms with Gasteiger partial charge in [-0.3, -0.25) is 19.2 Å². The summed E-state index contributed by atoms with van der Waals surface area (Å²) in [5.74, 6) is -2.38. The van der Waals surface area contributed by atoms with Crippen LogP contribution in [0.3, 0.4) is 0 Å². The molecule has 4 heterocycles. The molecule has 0 aliphatic carbocycles. The maximum Gasteiger partial charge on any atom is 0.303 e. The lowest BCUT2D eigenvalue weighted by Gasteiger charge is -2.12. The molecule has 2 aromatic rings. The number of carboxylic acids is 2. The zero-order chi connectivity index (χ0) is 32.5. The van der Waals surface area contributed by atoms with E-state index >= 15 is 0 Å². The number of H-pyrrole nitrogens is 2. The van der Waals surface area contributed by atoms with Crippen LogP contribution in [-0.4, -0.2) is 54.8 Å². The molecule has 3 atom stereocenters. The number of aliphatic hydroxyl groups excluding tert-OH is 1. The molecule has 236 valence electrons. The average Bonchev–Trinajstić information content (AvgIpc) is 3.62. The molecule has 1 saturated heterocycles. The maximum atomic E-state index is 12.4. The highest BCUT2D eigenvalue weighted by Gasteiger charge is 2.34. The first-order valence-corrected chi connectivity index (χ1v) is 15.2. The second-order valence-electron chi connectivity index (χ2n) is 11.8. The van der Waals surface area contributed by atoms with Crippen LogP contribution in [0.5, 0.6) is 0 Å². The van der Waals surface area contributed by atoms with Gasteiger partial charge in [-0.25, -0.2) is 4.99 Å². The zero-order valence-electron chi connectivity index (χ0n) is 26.2. The molecule has 6 N–H and O–H groups in total. The Bertz CT molecular complexity index is 1600. The minimum atomic E-state index is -1.21. The topological polar surface area (TPSA) is 185 Å². The molecule has 0 aromatic carbocycles. The van der Waals surface area contributed by atoms with E-state index in [-0.39, 0.29) is 55.0 Å². The summed E-state index contributed by atoms with van der Waals surface area (Å²) in [6.45, 7) is 11.3. The van der Waals surface area contributed by atoms with Gasteiger partial charge in [0.25, 0.3) is 5.91 Å². The number of aromatic amines is 2. The third-order valence-corrected chi connectivity index (χ3v) is 9.17. The molecular formula is C33H42N4O7. The van der Waals surface area contributed by atoms with Crippen LogP contribution in [0.25, 0.3) is 6.08 Å². The Morgan fingerprint density at radius 1 is 0.955 bits per heavy atom. The molecule has 0 spiro atoms. The molecule has 0 unspecified atom stereocenters. The van der Waals surface area contributed by atoms with Gasteiger partial charge >= 0.3 is 11.9 Å². The van der Waals surface area contributed by atoms with Gasteiger partial charge in [0.05, 0.1) is 11.4 Å². The van der Waals surface area contributed by atoms with Gasteiger partial charge in [0.15, 0.2) is 0 Å². The minimum Gasteiger partial charge on any atom is -0.481 e. The Morgan fingerprint density at radius 3 is 2.09 bits per heavy atom. The molecule has 11 heteroatoms. The summed E-state index contributed by atoms with van der Waals surface area (Å²) in [7, 11) is 0. The molecule has 0 saturated carbocycles. The second kappa shape index (κ2) is 13.2. The van der Waals surface area contributed by atoms with E-state index in [1.54, 1.807) is 6.92 Å². The van der Waals surface area contributed by atoms with E-state index in [2.05, 4.69) is 20.3 Å². The van der Waals surface area contributed by atoms with Gasteiger partial charge < -0.3 is 30.6 Å². The van der Waals surface area contributed by atoms with Crippen molar-refractivity contribution in [3.63, 3.8) is 0 Å². The molecular weight excluding hydrogens is 564 g/mol. The molecule has 11 nitrogen and oxygen atoms in total. The van der Waals surface area contributed by atoms with Gasteiger partial charge in [-0.1, -0.05) is 20.8 Å². The number of amides is 2. The number of aliphatic imine (C=N–C) groups is 1.